The maximum atomic E-state index is 5.55. The van der Waals surface area contributed by atoms with Gasteiger partial charge in [0.25, 0.3) is 0 Å². The van der Waals surface area contributed by atoms with Gasteiger partial charge in [0.05, 0.1) is 5.70 Å². The summed E-state index contributed by atoms with van der Waals surface area (Å²) in [5.74, 6) is 0.906. The molecule has 5 rings (SSSR count). The SMILES string of the molecule is C1=CN2C=c3ccccc3=CC2=C2C=C3OCOC3C=C12. The first-order chi connectivity index (χ1) is 10.4. The van der Waals surface area contributed by atoms with E-state index in [-0.39, 0.29) is 6.10 Å². The van der Waals surface area contributed by atoms with Crippen LogP contribution < -0.4 is 10.4 Å². The second kappa shape index (κ2) is 3.99. The van der Waals surface area contributed by atoms with E-state index >= 15 is 0 Å². The van der Waals surface area contributed by atoms with Crippen LogP contribution in [0.1, 0.15) is 0 Å². The van der Waals surface area contributed by atoms with Gasteiger partial charge in [-0.25, -0.2) is 0 Å². The van der Waals surface area contributed by atoms with E-state index in [9.17, 15) is 0 Å². The Morgan fingerprint density at radius 2 is 2.00 bits per heavy atom. The molecule has 0 radical (unpaired) electrons. The summed E-state index contributed by atoms with van der Waals surface area (Å²) in [4.78, 5) is 2.17. The van der Waals surface area contributed by atoms with E-state index in [1.165, 1.54) is 27.3 Å². The molecule has 3 heterocycles. The second-order valence-corrected chi connectivity index (χ2v) is 5.44. The lowest BCUT2D eigenvalue weighted by Crippen LogP contribution is -2.33. The number of hydrogen-bond donors (Lipinski definition) is 0. The zero-order chi connectivity index (χ0) is 13.8. The highest BCUT2D eigenvalue weighted by molar-refractivity contribution is 5.68. The summed E-state index contributed by atoms with van der Waals surface area (Å²) in [7, 11) is 0. The molecule has 0 spiro atoms. The highest BCUT2D eigenvalue weighted by Gasteiger charge is 2.29. The Hall–Kier alpha value is -2.52. The number of rotatable bonds is 0. The lowest BCUT2D eigenvalue weighted by atomic mass is 9.91. The van der Waals surface area contributed by atoms with Crippen molar-refractivity contribution in [1.29, 1.82) is 0 Å². The van der Waals surface area contributed by atoms with E-state index in [2.05, 4.69) is 65.9 Å². The van der Waals surface area contributed by atoms with Gasteiger partial charge in [0.2, 0.25) is 0 Å². The van der Waals surface area contributed by atoms with Crippen molar-refractivity contribution in [3.63, 3.8) is 0 Å². The van der Waals surface area contributed by atoms with Crippen LogP contribution in [0.2, 0.25) is 0 Å². The molecular weight excluding hydrogens is 262 g/mol. The molecule has 3 nitrogen and oxygen atoms in total. The molecule has 0 aromatic heterocycles. The topological polar surface area (TPSA) is 21.7 Å². The zero-order valence-electron chi connectivity index (χ0n) is 11.3. The summed E-state index contributed by atoms with van der Waals surface area (Å²) < 4.78 is 11.1. The zero-order valence-corrected chi connectivity index (χ0v) is 11.3. The van der Waals surface area contributed by atoms with Crippen LogP contribution in [-0.4, -0.2) is 17.8 Å². The predicted octanol–water partition coefficient (Wildman–Crippen LogP) is 1.50. The first-order valence-electron chi connectivity index (χ1n) is 7.06. The maximum Gasteiger partial charge on any atom is 0.189 e. The van der Waals surface area contributed by atoms with Crippen molar-refractivity contribution in [2.24, 2.45) is 0 Å². The Morgan fingerprint density at radius 3 is 2.95 bits per heavy atom. The minimum absolute atomic E-state index is 0.0274. The summed E-state index contributed by atoms with van der Waals surface area (Å²) >= 11 is 0. The van der Waals surface area contributed by atoms with Crippen LogP contribution in [0.3, 0.4) is 0 Å². The maximum absolute atomic E-state index is 5.55. The number of hydrogen-bond acceptors (Lipinski definition) is 3. The summed E-state index contributed by atoms with van der Waals surface area (Å²) in [5.41, 5.74) is 3.58. The first-order valence-corrected chi connectivity index (χ1v) is 7.06. The van der Waals surface area contributed by atoms with Crippen LogP contribution in [0.4, 0.5) is 0 Å². The fraction of sp³-hybridized carbons (Fsp3) is 0.111. The monoisotopic (exact) mass is 275 g/mol. The molecule has 1 aromatic carbocycles. The molecule has 102 valence electrons. The fourth-order valence-corrected chi connectivity index (χ4v) is 3.14. The molecule has 21 heavy (non-hydrogen) atoms. The van der Waals surface area contributed by atoms with E-state index in [0.29, 0.717) is 6.79 Å². The highest BCUT2D eigenvalue weighted by Crippen LogP contribution is 2.35. The van der Waals surface area contributed by atoms with Gasteiger partial charge in [-0.05, 0) is 40.3 Å². The molecule has 1 unspecified atom stereocenters. The lowest BCUT2D eigenvalue weighted by molar-refractivity contribution is 0.0629. The van der Waals surface area contributed by atoms with E-state index < -0.39 is 0 Å². The number of benzene rings is 1. The molecule has 0 amide bonds. The van der Waals surface area contributed by atoms with Gasteiger partial charge in [-0.3, -0.25) is 0 Å². The average molecular weight is 275 g/mol. The van der Waals surface area contributed by atoms with Gasteiger partial charge in [0.15, 0.2) is 6.79 Å². The van der Waals surface area contributed by atoms with Gasteiger partial charge in [-0.15, -0.1) is 0 Å². The largest absolute Gasteiger partial charge is 0.469 e. The summed E-state index contributed by atoms with van der Waals surface area (Å²) in [6, 6.07) is 8.42. The molecule has 0 bridgehead atoms. The van der Waals surface area contributed by atoms with E-state index in [1.54, 1.807) is 0 Å². The first kappa shape index (κ1) is 11.2. The van der Waals surface area contributed by atoms with Gasteiger partial charge < -0.3 is 14.4 Å². The Bertz CT molecular complexity index is 886. The van der Waals surface area contributed by atoms with E-state index in [0.717, 1.165) is 5.76 Å². The molecule has 3 aliphatic heterocycles. The standard InChI is InChI=1S/C18H13NO2/c1-2-4-14-10-19-6-5-13-8-17-18(21-11-20-17)9-15(13)16(19)7-12(14)3-1/h1-10,17H,11H2. The van der Waals surface area contributed by atoms with Crippen LogP contribution in [0.25, 0.3) is 12.3 Å². The Labute approximate surface area is 122 Å². The molecule has 1 saturated heterocycles. The third-order valence-electron chi connectivity index (χ3n) is 4.22. The van der Waals surface area contributed by atoms with Crippen molar-refractivity contribution < 1.29 is 9.47 Å². The summed E-state index contributed by atoms with van der Waals surface area (Å²) in [5, 5.41) is 2.48. The number of fused-ring (bicyclic) bond motifs is 4. The Morgan fingerprint density at radius 1 is 1.10 bits per heavy atom. The minimum Gasteiger partial charge on any atom is -0.469 e. The number of allylic oxidation sites excluding steroid dienone is 5. The highest BCUT2D eigenvalue weighted by atomic mass is 16.7. The van der Waals surface area contributed by atoms with Crippen molar-refractivity contribution in [2.45, 2.75) is 6.10 Å². The third-order valence-corrected chi connectivity index (χ3v) is 4.22. The fourth-order valence-electron chi connectivity index (χ4n) is 3.14. The van der Waals surface area contributed by atoms with Gasteiger partial charge in [-0.1, -0.05) is 24.3 Å². The van der Waals surface area contributed by atoms with Crippen LogP contribution >= 0.6 is 0 Å². The quantitative estimate of drug-likeness (QED) is 0.716. The summed E-state index contributed by atoms with van der Waals surface area (Å²) in [6.45, 7) is 0.342. The van der Waals surface area contributed by atoms with Crippen molar-refractivity contribution in [3.8, 4) is 0 Å². The number of nitrogens with zero attached hydrogens (tertiary/aromatic N) is 1. The molecule has 1 aliphatic carbocycles. The van der Waals surface area contributed by atoms with E-state index in [1.807, 2.05) is 0 Å². The van der Waals surface area contributed by atoms with Crippen molar-refractivity contribution >= 4 is 12.3 Å². The molecule has 1 fully saturated rings. The van der Waals surface area contributed by atoms with Crippen molar-refractivity contribution in [3.05, 3.63) is 81.7 Å². The Kier molecular flexibility index (Phi) is 2.12. The predicted molar refractivity (Wildman–Crippen MR) is 79.6 cm³/mol. The lowest BCUT2D eigenvalue weighted by Gasteiger charge is -2.29. The number of ether oxygens (including phenoxy) is 2. The molecule has 1 atom stereocenters. The van der Waals surface area contributed by atoms with Gasteiger partial charge in [-0.2, -0.15) is 0 Å². The molecular formula is C18H13NO2. The van der Waals surface area contributed by atoms with Crippen LogP contribution in [-0.2, 0) is 9.47 Å². The van der Waals surface area contributed by atoms with Gasteiger partial charge in [0, 0.05) is 18.0 Å². The smallest absolute Gasteiger partial charge is 0.189 e. The van der Waals surface area contributed by atoms with Crippen LogP contribution in [0.15, 0.2) is 71.3 Å². The molecule has 0 saturated carbocycles. The molecule has 0 N–H and O–H groups in total. The second-order valence-electron chi connectivity index (χ2n) is 5.44. The van der Waals surface area contributed by atoms with Crippen molar-refractivity contribution in [2.75, 3.05) is 6.79 Å². The Balaban J connectivity index is 1.77. The van der Waals surface area contributed by atoms with Crippen LogP contribution in [0.5, 0.6) is 0 Å². The third kappa shape index (κ3) is 1.58. The van der Waals surface area contributed by atoms with Crippen LogP contribution in [0, 0.1) is 0 Å². The van der Waals surface area contributed by atoms with Gasteiger partial charge in [0.1, 0.15) is 11.9 Å². The van der Waals surface area contributed by atoms with Gasteiger partial charge >= 0.3 is 0 Å². The molecule has 1 aromatic rings. The average Bonchev–Trinajstić information content (AvgIpc) is 2.98. The summed E-state index contributed by atoms with van der Waals surface area (Å²) in [6.07, 6.45) is 12.8. The van der Waals surface area contributed by atoms with Crippen molar-refractivity contribution in [1.82, 2.24) is 4.90 Å². The minimum atomic E-state index is -0.0274. The normalized spacial score (nSPS) is 24.6. The molecule has 3 heteroatoms. The van der Waals surface area contributed by atoms with E-state index in [4.69, 9.17) is 9.47 Å². The molecule has 4 aliphatic rings.